The first-order valence-corrected chi connectivity index (χ1v) is 11.2. The number of benzene rings is 1. The molecule has 25 heavy (non-hydrogen) atoms. The van der Waals surface area contributed by atoms with Gasteiger partial charge in [0.05, 0.1) is 0 Å². The van der Waals surface area contributed by atoms with Gasteiger partial charge in [-0.05, 0) is 37.8 Å². The first kappa shape index (κ1) is 16.4. The van der Waals surface area contributed by atoms with E-state index in [1.807, 2.05) is 30.3 Å². The van der Waals surface area contributed by atoms with E-state index in [-0.39, 0.29) is 5.69 Å². The Morgan fingerprint density at radius 3 is 2.96 bits per heavy atom. The number of aromatic nitrogens is 2. The Morgan fingerprint density at radius 2 is 2.16 bits per heavy atom. The fourth-order valence-corrected chi connectivity index (χ4v) is 4.55. The highest BCUT2D eigenvalue weighted by molar-refractivity contribution is 7.70. The summed E-state index contributed by atoms with van der Waals surface area (Å²) in [5.74, 6) is 1.27. The Labute approximate surface area is 146 Å². The molecular formula is C18H22N3O3P. The number of fused-ring (bicyclic) bond motifs is 3. The van der Waals surface area contributed by atoms with Crippen LogP contribution in [0.3, 0.4) is 0 Å². The normalized spacial score (nSPS) is 19.0. The molecule has 1 atom stereocenters. The molecule has 0 aliphatic carbocycles. The van der Waals surface area contributed by atoms with Gasteiger partial charge in [-0.15, -0.1) is 0 Å². The van der Waals surface area contributed by atoms with E-state index in [0.717, 1.165) is 42.6 Å². The van der Waals surface area contributed by atoms with E-state index in [9.17, 15) is 9.36 Å². The Balaban J connectivity index is 1.55. The lowest BCUT2D eigenvalue weighted by Crippen LogP contribution is -2.24. The molecule has 0 spiro atoms. The zero-order valence-corrected chi connectivity index (χ0v) is 15.4. The van der Waals surface area contributed by atoms with E-state index in [4.69, 9.17) is 4.74 Å². The monoisotopic (exact) mass is 359 g/mol. The second-order valence-electron chi connectivity index (χ2n) is 7.14. The number of ether oxygens (including phenoxy) is 1. The summed E-state index contributed by atoms with van der Waals surface area (Å²) in [4.78, 5) is 18.6. The highest BCUT2D eigenvalue weighted by Crippen LogP contribution is 2.35. The molecule has 0 N–H and O–H groups in total. The number of rotatable bonds is 4. The van der Waals surface area contributed by atoms with Crippen molar-refractivity contribution in [2.75, 3.05) is 24.8 Å². The standard InChI is InChI=1S/C18H22N3O3P/c1-25(2,23)15-7-3-5-13(9-15)12-24-16-10-17-20-8-4-6-14(20)11-21(17)18(22)19-16/h3,5,7,9-10,14H,4,6,8,11-12H2,1-2H3/t14-/m1/s1. The van der Waals surface area contributed by atoms with Crippen LogP contribution in [-0.4, -0.2) is 35.5 Å². The third-order valence-corrected chi connectivity index (χ3v) is 6.47. The zero-order chi connectivity index (χ0) is 17.6. The van der Waals surface area contributed by atoms with Crippen LogP contribution in [0.1, 0.15) is 18.4 Å². The summed E-state index contributed by atoms with van der Waals surface area (Å²) < 4.78 is 19.7. The van der Waals surface area contributed by atoms with Crippen LogP contribution in [0.25, 0.3) is 0 Å². The van der Waals surface area contributed by atoms with Crippen LogP contribution in [0.15, 0.2) is 35.1 Å². The summed E-state index contributed by atoms with van der Waals surface area (Å²) in [6.07, 6.45) is 2.29. The van der Waals surface area contributed by atoms with Crippen LogP contribution in [0.5, 0.6) is 5.88 Å². The largest absolute Gasteiger partial charge is 0.473 e. The van der Waals surface area contributed by atoms with Gasteiger partial charge >= 0.3 is 5.69 Å². The summed E-state index contributed by atoms with van der Waals surface area (Å²) >= 11 is 0. The van der Waals surface area contributed by atoms with Crippen LogP contribution < -0.4 is 20.6 Å². The molecule has 1 saturated heterocycles. The minimum Gasteiger partial charge on any atom is -0.473 e. The average Bonchev–Trinajstić information content (AvgIpc) is 3.15. The summed E-state index contributed by atoms with van der Waals surface area (Å²) in [5.41, 5.74) is 0.671. The molecule has 3 heterocycles. The van der Waals surface area contributed by atoms with Gasteiger partial charge < -0.3 is 14.2 Å². The van der Waals surface area contributed by atoms with Gasteiger partial charge in [-0.2, -0.15) is 4.98 Å². The van der Waals surface area contributed by atoms with E-state index in [0.29, 0.717) is 18.5 Å². The van der Waals surface area contributed by atoms with Gasteiger partial charge in [0, 0.05) is 30.5 Å². The molecule has 0 unspecified atom stereocenters. The second-order valence-corrected chi connectivity index (χ2v) is 10.4. The summed E-state index contributed by atoms with van der Waals surface area (Å²) in [6.45, 7) is 5.52. The van der Waals surface area contributed by atoms with Crippen LogP contribution >= 0.6 is 7.14 Å². The molecule has 6 nitrogen and oxygen atoms in total. The summed E-state index contributed by atoms with van der Waals surface area (Å²) in [7, 11) is -2.30. The van der Waals surface area contributed by atoms with Crippen molar-refractivity contribution in [3.63, 3.8) is 0 Å². The third kappa shape index (κ3) is 3.11. The molecule has 1 aromatic carbocycles. The quantitative estimate of drug-likeness (QED) is 0.782. The van der Waals surface area contributed by atoms with E-state index >= 15 is 0 Å². The van der Waals surface area contributed by atoms with Gasteiger partial charge in [0.2, 0.25) is 5.88 Å². The van der Waals surface area contributed by atoms with Crippen LogP contribution in [0.4, 0.5) is 5.82 Å². The highest BCUT2D eigenvalue weighted by Gasteiger charge is 2.34. The molecule has 1 aromatic heterocycles. The van der Waals surface area contributed by atoms with Crippen LogP contribution in [-0.2, 0) is 17.7 Å². The SMILES string of the molecule is CP(C)(=O)c1cccc(COc2cc3n(c(=O)n2)C[C@H]2CCCN32)c1. The Hall–Kier alpha value is -2.07. The van der Waals surface area contributed by atoms with Crippen molar-refractivity contribution >= 4 is 18.3 Å². The number of hydrogen-bond acceptors (Lipinski definition) is 5. The van der Waals surface area contributed by atoms with E-state index < -0.39 is 7.14 Å². The molecule has 2 aliphatic heterocycles. The number of hydrogen-bond donors (Lipinski definition) is 0. The predicted molar refractivity (Wildman–Crippen MR) is 98.7 cm³/mol. The van der Waals surface area contributed by atoms with Crippen molar-refractivity contribution in [2.24, 2.45) is 0 Å². The minimum atomic E-state index is -2.30. The molecule has 2 aromatic rings. The fourth-order valence-electron chi connectivity index (χ4n) is 3.63. The lowest BCUT2D eigenvalue weighted by molar-refractivity contribution is 0.291. The molecule has 132 valence electrons. The maximum atomic E-state index is 12.3. The van der Waals surface area contributed by atoms with Gasteiger partial charge in [-0.3, -0.25) is 4.57 Å². The van der Waals surface area contributed by atoms with Gasteiger partial charge in [0.15, 0.2) is 0 Å². The lowest BCUT2D eigenvalue weighted by atomic mass is 10.2. The minimum absolute atomic E-state index is 0.248. The van der Waals surface area contributed by atoms with Crippen molar-refractivity contribution in [3.05, 3.63) is 46.4 Å². The molecule has 7 heteroatoms. The van der Waals surface area contributed by atoms with Crippen LogP contribution in [0.2, 0.25) is 0 Å². The number of anilines is 1. The van der Waals surface area contributed by atoms with Crippen molar-refractivity contribution in [1.29, 1.82) is 0 Å². The predicted octanol–water partition coefficient (Wildman–Crippen LogP) is 2.05. The molecule has 0 saturated carbocycles. The van der Waals surface area contributed by atoms with Crippen molar-refractivity contribution in [1.82, 2.24) is 9.55 Å². The average molecular weight is 359 g/mol. The first-order valence-electron chi connectivity index (χ1n) is 8.57. The third-order valence-electron chi connectivity index (χ3n) is 4.95. The topological polar surface area (TPSA) is 64.4 Å². The van der Waals surface area contributed by atoms with Crippen LogP contribution in [0, 0.1) is 0 Å². The van der Waals surface area contributed by atoms with Gasteiger partial charge in [-0.25, -0.2) is 4.79 Å². The molecule has 0 bridgehead atoms. The second kappa shape index (κ2) is 6.03. The molecular weight excluding hydrogens is 337 g/mol. The van der Waals surface area contributed by atoms with E-state index in [1.165, 1.54) is 0 Å². The Morgan fingerprint density at radius 1 is 1.32 bits per heavy atom. The van der Waals surface area contributed by atoms with Crippen molar-refractivity contribution in [2.45, 2.75) is 32.0 Å². The smallest absolute Gasteiger partial charge is 0.352 e. The first-order chi connectivity index (χ1) is 11.9. The van der Waals surface area contributed by atoms with Crippen molar-refractivity contribution in [3.8, 4) is 5.88 Å². The van der Waals surface area contributed by atoms with Crippen molar-refractivity contribution < 1.29 is 9.30 Å². The van der Waals surface area contributed by atoms with Gasteiger partial charge in [-0.1, -0.05) is 18.2 Å². The summed E-state index contributed by atoms with van der Waals surface area (Å²) in [6, 6.07) is 9.87. The van der Waals surface area contributed by atoms with E-state index in [2.05, 4.69) is 9.88 Å². The Bertz CT molecular complexity index is 918. The zero-order valence-electron chi connectivity index (χ0n) is 14.5. The summed E-state index contributed by atoms with van der Waals surface area (Å²) in [5, 5.41) is 0.829. The molecule has 4 rings (SSSR count). The maximum absolute atomic E-state index is 12.3. The van der Waals surface area contributed by atoms with Gasteiger partial charge in [0.1, 0.15) is 19.6 Å². The lowest BCUT2D eigenvalue weighted by Gasteiger charge is -2.17. The highest BCUT2D eigenvalue weighted by atomic mass is 31.2. The Kier molecular flexibility index (Phi) is 3.95. The fraction of sp³-hybridized carbons (Fsp3) is 0.444. The maximum Gasteiger partial charge on any atom is 0.352 e. The molecule has 0 radical (unpaired) electrons. The molecule has 0 amide bonds. The molecule has 2 aliphatic rings. The van der Waals surface area contributed by atoms with Gasteiger partial charge in [0.25, 0.3) is 0 Å². The number of nitrogens with zero attached hydrogens (tertiary/aromatic N) is 3. The molecule has 1 fully saturated rings. The van der Waals surface area contributed by atoms with E-state index in [1.54, 1.807) is 17.9 Å².